The van der Waals surface area contributed by atoms with Gasteiger partial charge < -0.3 is 47.7 Å². The van der Waals surface area contributed by atoms with Gasteiger partial charge in [0.2, 0.25) is 0 Å². The van der Waals surface area contributed by atoms with Gasteiger partial charge in [0, 0.05) is 6.61 Å². The molecule has 10 nitrogen and oxygen atoms in total. The molecule has 0 aromatic rings. The third kappa shape index (κ3) is 33.2. The summed E-state index contributed by atoms with van der Waals surface area (Å²) < 4.78 is 52.8. The van der Waals surface area contributed by atoms with E-state index in [1.54, 1.807) is 0 Å². The van der Waals surface area contributed by atoms with Crippen LogP contribution in [0.2, 0.25) is 0 Å². The van der Waals surface area contributed by atoms with Crippen molar-refractivity contribution in [1.82, 2.24) is 0 Å². The maximum atomic E-state index is 9.04. The van der Waals surface area contributed by atoms with Gasteiger partial charge >= 0.3 is 0 Å². The quantitative estimate of drug-likeness (QED) is 0.0651. The Balaban J connectivity index is 3.79. The minimum absolute atomic E-state index is 0.00168. The molecule has 0 aromatic carbocycles. The molecule has 9 unspecified atom stereocenters. The average molecular weight is 709 g/mol. The maximum Gasteiger partial charge on any atom is 0.0781 e. The van der Waals surface area contributed by atoms with E-state index in [0.717, 1.165) is 13.0 Å². The highest BCUT2D eigenvalue weighted by molar-refractivity contribution is 4.60. The van der Waals surface area contributed by atoms with Crippen LogP contribution in [0, 0.1) is 0 Å². The van der Waals surface area contributed by atoms with E-state index in [1.807, 2.05) is 55.4 Å². The molecule has 296 valence electrons. The average Bonchev–Trinajstić information content (AvgIpc) is 3.09. The second-order valence-corrected chi connectivity index (χ2v) is 14.2. The highest BCUT2D eigenvalue weighted by Crippen LogP contribution is 2.11. The molecule has 0 rings (SSSR count). The second kappa shape index (κ2) is 33.4. The van der Waals surface area contributed by atoms with Gasteiger partial charge in [0.1, 0.15) is 0 Å². The Bertz CT molecular complexity index is 686. The maximum absolute atomic E-state index is 9.04. The standard InChI is InChI=1S/C39H80O10/c1-11-12-13-14-15-16-17-18-19-20-21-41-32(3)23-43-34(5)25-45-36(7)27-47-38(9)29-49-39(10)30-48-37(8)28-46-35(6)26-44-33(4)24-42-31(2)22-40/h31-40H,11-30H2,1-10H3. The molecule has 0 saturated heterocycles. The molecular weight excluding hydrogens is 628 g/mol. The van der Waals surface area contributed by atoms with Crippen molar-refractivity contribution in [3.63, 3.8) is 0 Å². The van der Waals surface area contributed by atoms with E-state index in [9.17, 15) is 0 Å². The summed E-state index contributed by atoms with van der Waals surface area (Å²) in [6, 6.07) is 0. The molecule has 0 spiro atoms. The number of aliphatic hydroxyl groups is 1. The number of hydrogen-bond acceptors (Lipinski definition) is 10. The highest BCUT2D eigenvalue weighted by atomic mass is 16.6. The Hall–Kier alpha value is -0.400. The van der Waals surface area contributed by atoms with E-state index in [2.05, 4.69) is 13.8 Å². The van der Waals surface area contributed by atoms with Crippen molar-refractivity contribution < 1.29 is 47.7 Å². The number of ether oxygens (including phenoxy) is 9. The Morgan fingerprint density at radius 1 is 0.306 bits per heavy atom. The van der Waals surface area contributed by atoms with E-state index in [0.29, 0.717) is 52.9 Å². The molecule has 0 aliphatic carbocycles. The Labute approximate surface area is 301 Å². The van der Waals surface area contributed by atoms with Crippen molar-refractivity contribution >= 4 is 0 Å². The minimum atomic E-state index is -0.188. The molecule has 10 heteroatoms. The number of unbranched alkanes of at least 4 members (excludes halogenated alkanes) is 9. The monoisotopic (exact) mass is 709 g/mol. The van der Waals surface area contributed by atoms with Crippen LogP contribution in [0.1, 0.15) is 133 Å². The summed E-state index contributed by atoms with van der Waals surface area (Å²) in [4.78, 5) is 0. The fraction of sp³-hybridized carbons (Fsp3) is 1.00. The van der Waals surface area contributed by atoms with Crippen LogP contribution in [0.25, 0.3) is 0 Å². The zero-order valence-electron chi connectivity index (χ0n) is 33.5. The summed E-state index contributed by atoms with van der Waals surface area (Å²) >= 11 is 0. The first-order valence-electron chi connectivity index (χ1n) is 19.6. The van der Waals surface area contributed by atoms with Gasteiger partial charge in [0.15, 0.2) is 0 Å². The second-order valence-electron chi connectivity index (χ2n) is 14.2. The van der Waals surface area contributed by atoms with E-state index < -0.39 is 0 Å². The van der Waals surface area contributed by atoms with E-state index in [1.165, 1.54) is 57.8 Å². The first-order valence-corrected chi connectivity index (χ1v) is 19.6. The fourth-order valence-electron chi connectivity index (χ4n) is 4.71. The largest absolute Gasteiger partial charge is 0.394 e. The Morgan fingerprint density at radius 3 is 0.796 bits per heavy atom. The van der Waals surface area contributed by atoms with Crippen LogP contribution in [-0.2, 0) is 42.6 Å². The predicted molar refractivity (Wildman–Crippen MR) is 198 cm³/mol. The topological polar surface area (TPSA) is 103 Å². The lowest BCUT2D eigenvalue weighted by Gasteiger charge is -2.23. The van der Waals surface area contributed by atoms with Crippen molar-refractivity contribution in [2.75, 3.05) is 66.1 Å². The van der Waals surface area contributed by atoms with E-state index in [-0.39, 0.29) is 61.5 Å². The van der Waals surface area contributed by atoms with Gasteiger partial charge in [0.25, 0.3) is 0 Å². The van der Waals surface area contributed by atoms with Gasteiger partial charge in [0.05, 0.1) is 114 Å². The van der Waals surface area contributed by atoms with Gasteiger partial charge in [-0.15, -0.1) is 0 Å². The minimum Gasteiger partial charge on any atom is -0.394 e. The third-order valence-corrected chi connectivity index (χ3v) is 8.08. The van der Waals surface area contributed by atoms with Gasteiger partial charge in [-0.2, -0.15) is 0 Å². The summed E-state index contributed by atoms with van der Waals surface area (Å²) in [6.07, 6.45) is 12.8. The molecule has 0 amide bonds. The molecular formula is C39H80O10. The number of aliphatic hydroxyl groups excluding tert-OH is 1. The van der Waals surface area contributed by atoms with Crippen LogP contribution in [0.15, 0.2) is 0 Å². The van der Waals surface area contributed by atoms with Crippen molar-refractivity contribution in [3.8, 4) is 0 Å². The molecule has 1 N–H and O–H groups in total. The Kier molecular flexibility index (Phi) is 33.2. The van der Waals surface area contributed by atoms with Gasteiger partial charge in [-0.25, -0.2) is 0 Å². The zero-order chi connectivity index (χ0) is 36.7. The van der Waals surface area contributed by atoms with Gasteiger partial charge in [-0.3, -0.25) is 0 Å². The molecule has 0 heterocycles. The predicted octanol–water partition coefficient (Wildman–Crippen LogP) is 7.55. The smallest absolute Gasteiger partial charge is 0.0781 e. The van der Waals surface area contributed by atoms with E-state index >= 15 is 0 Å². The number of rotatable bonds is 37. The summed E-state index contributed by atoms with van der Waals surface area (Å²) in [5.74, 6) is 0. The molecule has 0 aliphatic heterocycles. The molecule has 49 heavy (non-hydrogen) atoms. The first kappa shape index (κ1) is 48.6. The van der Waals surface area contributed by atoms with Gasteiger partial charge in [-0.05, 0) is 68.7 Å². The number of hydrogen-bond donors (Lipinski definition) is 1. The van der Waals surface area contributed by atoms with E-state index in [4.69, 9.17) is 47.7 Å². The van der Waals surface area contributed by atoms with Crippen LogP contribution in [0.3, 0.4) is 0 Å². The Morgan fingerprint density at radius 2 is 0.531 bits per heavy atom. The molecule has 0 aromatic heterocycles. The van der Waals surface area contributed by atoms with Crippen LogP contribution < -0.4 is 0 Å². The SMILES string of the molecule is CCCCCCCCCCCCOC(C)COC(C)COC(C)COC(C)COC(C)COC(C)COC(C)COC(C)COC(C)CO. The summed E-state index contributed by atoms with van der Waals surface area (Å²) in [6.45, 7) is 24.8. The molecule has 0 aliphatic rings. The van der Waals surface area contributed by atoms with Crippen LogP contribution in [-0.4, -0.2) is 126 Å². The molecule has 0 saturated carbocycles. The molecule has 9 atom stereocenters. The van der Waals surface area contributed by atoms with Crippen LogP contribution in [0.4, 0.5) is 0 Å². The highest BCUT2D eigenvalue weighted by Gasteiger charge is 2.15. The lowest BCUT2D eigenvalue weighted by molar-refractivity contribution is -0.111. The third-order valence-electron chi connectivity index (χ3n) is 8.08. The molecule has 0 bridgehead atoms. The summed E-state index contributed by atoms with van der Waals surface area (Å²) in [5, 5.41) is 9.04. The molecule has 0 radical (unpaired) electrons. The van der Waals surface area contributed by atoms with Crippen molar-refractivity contribution in [2.45, 2.75) is 188 Å². The fourth-order valence-corrected chi connectivity index (χ4v) is 4.71. The van der Waals surface area contributed by atoms with Gasteiger partial charge in [-0.1, -0.05) is 64.7 Å². The summed E-state index contributed by atoms with van der Waals surface area (Å²) in [5.41, 5.74) is 0. The van der Waals surface area contributed by atoms with Crippen molar-refractivity contribution in [3.05, 3.63) is 0 Å². The lowest BCUT2D eigenvalue weighted by atomic mass is 10.1. The van der Waals surface area contributed by atoms with Crippen molar-refractivity contribution in [2.24, 2.45) is 0 Å². The first-order chi connectivity index (χ1) is 23.5. The normalized spacial score (nSPS) is 17.7. The lowest BCUT2D eigenvalue weighted by Crippen LogP contribution is -2.30. The van der Waals surface area contributed by atoms with Crippen LogP contribution >= 0.6 is 0 Å². The van der Waals surface area contributed by atoms with Crippen LogP contribution in [0.5, 0.6) is 0 Å². The molecule has 0 fully saturated rings. The zero-order valence-corrected chi connectivity index (χ0v) is 33.5. The summed E-state index contributed by atoms with van der Waals surface area (Å²) in [7, 11) is 0. The van der Waals surface area contributed by atoms with Crippen molar-refractivity contribution in [1.29, 1.82) is 0 Å².